The first-order valence-corrected chi connectivity index (χ1v) is 10.5. The fourth-order valence-electron chi connectivity index (χ4n) is 2.72. The summed E-state index contributed by atoms with van der Waals surface area (Å²) < 4.78 is 28.6. The highest BCUT2D eigenvalue weighted by molar-refractivity contribution is 14.1. The number of nitrogens with one attached hydrogen (secondary N) is 2. The Hall–Kier alpha value is -0.930. The molecular formula is C17H22IN3O2S. The van der Waals surface area contributed by atoms with Gasteiger partial charge in [0, 0.05) is 32.9 Å². The summed E-state index contributed by atoms with van der Waals surface area (Å²) >= 11 is 2.26. The first kappa shape index (κ1) is 17.9. The number of halogens is 1. The molecule has 130 valence electrons. The van der Waals surface area contributed by atoms with Gasteiger partial charge in [0.1, 0.15) is 4.75 Å². The number of hydrogen-bond donors (Lipinski definition) is 2. The number of rotatable bonds is 5. The van der Waals surface area contributed by atoms with Crippen LogP contribution < -0.4 is 10.0 Å². The molecule has 2 aromatic rings. The molecule has 0 radical (unpaired) electrons. The standard InChI is InChI=1S/C17H22IN3O2S/c1-16(2,3)21-24(22,23)17(7-8-17)11-20-14-6-9-19-15-10-12(18)4-5-13(14)15/h4-6,9-10,21H,7-8,11H2,1-3H3,(H,19,20). The van der Waals surface area contributed by atoms with E-state index in [1.807, 2.05) is 45.0 Å². The van der Waals surface area contributed by atoms with E-state index in [9.17, 15) is 8.42 Å². The highest BCUT2D eigenvalue weighted by Gasteiger charge is 2.55. The molecule has 1 aliphatic rings. The van der Waals surface area contributed by atoms with Gasteiger partial charge in [0.25, 0.3) is 0 Å². The van der Waals surface area contributed by atoms with Gasteiger partial charge in [-0.1, -0.05) is 0 Å². The summed E-state index contributed by atoms with van der Waals surface area (Å²) in [5, 5.41) is 4.35. The van der Waals surface area contributed by atoms with E-state index in [2.05, 4.69) is 37.6 Å². The van der Waals surface area contributed by atoms with E-state index in [4.69, 9.17) is 0 Å². The van der Waals surface area contributed by atoms with Crippen LogP contribution in [0.1, 0.15) is 33.6 Å². The van der Waals surface area contributed by atoms with Gasteiger partial charge >= 0.3 is 0 Å². The lowest BCUT2D eigenvalue weighted by atomic mass is 10.1. The number of pyridine rings is 1. The molecule has 1 saturated carbocycles. The van der Waals surface area contributed by atoms with Crippen LogP contribution in [0.25, 0.3) is 10.9 Å². The quantitative estimate of drug-likeness (QED) is 0.672. The molecule has 0 saturated heterocycles. The SMILES string of the molecule is CC(C)(C)NS(=O)(=O)C1(CNc2ccnc3cc(I)ccc23)CC1. The fraction of sp³-hybridized carbons (Fsp3) is 0.471. The molecule has 3 rings (SSSR count). The highest BCUT2D eigenvalue weighted by atomic mass is 127. The minimum atomic E-state index is -3.37. The Morgan fingerprint density at radius 3 is 2.58 bits per heavy atom. The summed E-state index contributed by atoms with van der Waals surface area (Å²) in [6.07, 6.45) is 3.13. The minimum Gasteiger partial charge on any atom is -0.383 e. The first-order valence-electron chi connectivity index (χ1n) is 7.94. The molecule has 1 aliphatic carbocycles. The van der Waals surface area contributed by atoms with Gasteiger partial charge in [-0.05, 0) is 80.5 Å². The molecule has 7 heteroatoms. The Kier molecular flexibility index (Phi) is 4.55. The predicted octanol–water partition coefficient (Wildman–Crippen LogP) is 3.50. The Bertz CT molecular complexity index is 871. The van der Waals surface area contributed by atoms with Gasteiger partial charge in [-0.2, -0.15) is 0 Å². The Labute approximate surface area is 156 Å². The summed E-state index contributed by atoms with van der Waals surface area (Å²) in [7, 11) is -3.37. The Balaban J connectivity index is 1.81. The van der Waals surface area contributed by atoms with Gasteiger partial charge in [0.15, 0.2) is 0 Å². The van der Waals surface area contributed by atoms with E-state index in [0.29, 0.717) is 19.4 Å². The third kappa shape index (κ3) is 3.67. The average Bonchev–Trinajstić information content (AvgIpc) is 3.23. The Morgan fingerprint density at radius 1 is 1.25 bits per heavy atom. The number of fused-ring (bicyclic) bond motifs is 1. The molecule has 0 amide bonds. The van der Waals surface area contributed by atoms with E-state index >= 15 is 0 Å². The fourth-order valence-corrected chi connectivity index (χ4v) is 5.12. The molecule has 0 aliphatic heterocycles. The first-order chi connectivity index (χ1) is 11.1. The second-order valence-corrected chi connectivity index (χ2v) is 10.7. The van der Waals surface area contributed by atoms with Gasteiger partial charge < -0.3 is 5.32 Å². The van der Waals surface area contributed by atoms with Crippen molar-refractivity contribution in [3.8, 4) is 0 Å². The molecule has 1 heterocycles. The van der Waals surface area contributed by atoms with Crippen molar-refractivity contribution in [1.29, 1.82) is 0 Å². The molecular weight excluding hydrogens is 437 g/mol. The maximum absolute atomic E-state index is 12.7. The molecule has 5 nitrogen and oxygen atoms in total. The number of anilines is 1. The zero-order valence-corrected chi connectivity index (χ0v) is 17.0. The largest absolute Gasteiger partial charge is 0.383 e. The molecule has 0 spiro atoms. The lowest BCUT2D eigenvalue weighted by Crippen LogP contribution is -2.48. The van der Waals surface area contributed by atoms with Crippen molar-refractivity contribution < 1.29 is 8.42 Å². The second-order valence-electron chi connectivity index (χ2n) is 7.41. The van der Waals surface area contributed by atoms with Gasteiger partial charge in [-0.15, -0.1) is 0 Å². The van der Waals surface area contributed by atoms with Gasteiger partial charge in [0.05, 0.1) is 5.52 Å². The maximum Gasteiger partial charge on any atom is 0.219 e. The molecule has 2 N–H and O–H groups in total. The van der Waals surface area contributed by atoms with Crippen molar-refractivity contribution in [2.75, 3.05) is 11.9 Å². The molecule has 0 bridgehead atoms. The zero-order valence-electron chi connectivity index (χ0n) is 14.1. The number of sulfonamides is 1. The van der Waals surface area contributed by atoms with Crippen molar-refractivity contribution in [1.82, 2.24) is 9.71 Å². The summed E-state index contributed by atoms with van der Waals surface area (Å²) in [5.74, 6) is 0. The summed E-state index contributed by atoms with van der Waals surface area (Å²) in [6, 6.07) is 7.97. The smallest absolute Gasteiger partial charge is 0.219 e. The second kappa shape index (κ2) is 6.10. The topological polar surface area (TPSA) is 71.1 Å². The molecule has 1 aromatic heterocycles. The van der Waals surface area contributed by atoms with Crippen LogP contribution in [0, 0.1) is 3.57 Å². The van der Waals surface area contributed by atoms with Crippen molar-refractivity contribution in [3.63, 3.8) is 0 Å². The average molecular weight is 459 g/mol. The third-order valence-electron chi connectivity index (χ3n) is 4.12. The number of hydrogen-bond acceptors (Lipinski definition) is 4. The van der Waals surface area contributed by atoms with Gasteiger partial charge in [-0.25, -0.2) is 13.1 Å². The molecule has 1 fully saturated rings. The number of nitrogens with zero attached hydrogens (tertiary/aromatic N) is 1. The predicted molar refractivity (Wildman–Crippen MR) is 107 cm³/mol. The monoisotopic (exact) mass is 459 g/mol. The van der Waals surface area contributed by atoms with Crippen LogP contribution in [0.15, 0.2) is 30.5 Å². The van der Waals surface area contributed by atoms with Gasteiger partial charge in [0.2, 0.25) is 10.0 Å². The van der Waals surface area contributed by atoms with Crippen LogP contribution in [0.3, 0.4) is 0 Å². The van der Waals surface area contributed by atoms with Gasteiger partial charge in [-0.3, -0.25) is 4.98 Å². The van der Waals surface area contributed by atoms with Crippen LogP contribution in [0.4, 0.5) is 5.69 Å². The minimum absolute atomic E-state index is 0.406. The lowest BCUT2D eigenvalue weighted by molar-refractivity contribution is 0.482. The van der Waals surface area contributed by atoms with Crippen molar-refractivity contribution in [2.24, 2.45) is 0 Å². The summed E-state index contributed by atoms with van der Waals surface area (Å²) in [6.45, 7) is 6.01. The summed E-state index contributed by atoms with van der Waals surface area (Å²) in [4.78, 5) is 4.38. The maximum atomic E-state index is 12.7. The van der Waals surface area contributed by atoms with Crippen LogP contribution in [-0.4, -0.2) is 30.2 Å². The summed E-state index contributed by atoms with van der Waals surface area (Å²) in [5.41, 5.74) is 1.37. The Morgan fingerprint density at radius 2 is 1.96 bits per heavy atom. The lowest BCUT2D eigenvalue weighted by Gasteiger charge is -2.26. The third-order valence-corrected chi connectivity index (χ3v) is 7.37. The van der Waals surface area contributed by atoms with E-state index in [0.717, 1.165) is 20.2 Å². The normalized spacial score (nSPS) is 17.0. The van der Waals surface area contributed by atoms with Crippen molar-refractivity contribution in [2.45, 2.75) is 43.9 Å². The van der Waals surface area contributed by atoms with Crippen LogP contribution in [0.2, 0.25) is 0 Å². The van der Waals surface area contributed by atoms with Crippen molar-refractivity contribution in [3.05, 3.63) is 34.0 Å². The van der Waals surface area contributed by atoms with E-state index in [1.165, 1.54) is 0 Å². The van der Waals surface area contributed by atoms with Crippen molar-refractivity contribution >= 4 is 49.2 Å². The molecule has 24 heavy (non-hydrogen) atoms. The molecule has 0 unspecified atom stereocenters. The number of aromatic nitrogens is 1. The highest BCUT2D eigenvalue weighted by Crippen LogP contribution is 2.44. The van der Waals surface area contributed by atoms with E-state index < -0.39 is 20.3 Å². The zero-order chi connectivity index (χ0) is 17.6. The van der Waals surface area contributed by atoms with E-state index in [-0.39, 0.29) is 0 Å². The molecule has 1 aromatic carbocycles. The molecule has 0 atom stereocenters. The van der Waals surface area contributed by atoms with Crippen LogP contribution in [-0.2, 0) is 10.0 Å². The van der Waals surface area contributed by atoms with Crippen LogP contribution in [0.5, 0.6) is 0 Å². The van der Waals surface area contributed by atoms with Crippen LogP contribution >= 0.6 is 22.6 Å². The van der Waals surface area contributed by atoms with E-state index in [1.54, 1.807) is 6.20 Å². The number of benzene rings is 1.